The number of rotatable bonds is 2. The summed E-state index contributed by atoms with van der Waals surface area (Å²) >= 11 is 9.45. The highest BCUT2D eigenvalue weighted by Crippen LogP contribution is 2.27. The van der Waals surface area contributed by atoms with Crippen molar-refractivity contribution in [1.29, 1.82) is 0 Å². The van der Waals surface area contributed by atoms with Gasteiger partial charge in [0.25, 0.3) is 0 Å². The van der Waals surface area contributed by atoms with Crippen LogP contribution in [0.4, 0.5) is 0 Å². The second kappa shape index (κ2) is 5.12. The van der Waals surface area contributed by atoms with Crippen LogP contribution in [0.1, 0.15) is 16.2 Å². The first-order chi connectivity index (χ1) is 8.56. The summed E-state index contributed by atoms with van der Waals surface area (Å²) in [6.45, 7) is 1.84. The molecule has 0 radical (unpaired) electrons. The average Bonchev–Trinajstić information content (AvgIpc) is 2.67. The minimum atomic E-state index is -0.490. The lowest BCUT2D eigenvalue weighted by atomic mass is 10.3. The number of hydrogen-bond donors (Lipinski definition) is 0. The number of halogens is 2. The van der Waals surface area contributed by atoms with Gasteiger partial charge in [-0.25, -0.2) is 9.48 Å². The minimum absolute atomic E-state index is 0.231. The molecule has 2 aromatic rings. The highest BCUT2D eigenvalue weighted by Gasteiger charge is 2.20. The average molecular weight is 330 g/mol. The summed E-state index contributed by atoms with van der Waals surface area (Å²) in [6, 6.07) is 7.29. The third-order valence-electron chi connectivity index (χ3n) is 2.50. The summed E-state index contributed by atoms with van der Waals surface area (Å²) in [5.41, 5.74) is 1.73. The van der Waals surface area contributed by atoms with Gasteiger partial charge in [-0.3, -0.25) is 0 Å². The first-order valence-electron chi connectivity index (χ1n) is 5.14. The molecule has 0 aliphatic heterocycles. The molecular weight excluding hydrogens is 320 g/mol. The fourth-order valence-electron chi connectivity index (χ4n) is 1.57. The van der Waals surface area contributed by atoms with Gasteiger partial charge in [0.05, 0.1) is 28.0 Å². The number of benzene rings is 1. The first-order valence-corrected chi connectivity index (χ1v) is 6.31. The predicted molar refractivity (Wildman–Crippen MR) is 72.4 cm³/mol. The van der Waals surface area contributed by atoms with Crippen LogP contribution in [0.2, 0.25) is 5.02 Å². The summed E-state index contributed by atoms with van der Waals surface area (Å²) in [6.07, 6.45) is 0. The van der Waals surface area contributed by atoms with Gasteiger partial charge in [0, 0.05) is 0 Å². The quantitative estimate of drug-likeness (QED) is 0.793. The van der Waals surface area contributed by atoms with Gasteiger partial charge in [-0.05, 0) is 35.0 Å². The third-order valence-corrected chi connectivity index (χ3v) is 3.77. The third kappa shape index (κ3) is 2.15. The second-order valence-corrected chi connectivity index (χ2v) is 4.80. The molecule has 1 heterocycles. The van der Waals surface area contributed by atoms with E-state index in [1.54, 1.807) is 10.7 Å². The summed E-state index contributed by atoms with van der Waals surface area (Å²) in [5.74, 6) is -0.490. The topological polar surface area (TPSA) is 44.1 Å². The van der Waals surface area contributed by atoms with Crippen molar-refractivity contribution in [2.24, 2.45) is 0 Å². The van der Waals surface area contributed by atoms with Crippen LogP contribution < -0.4 is 0 Å². The largest absolute Gasteiger partial charge is 0.464 e. The van der Waals surface area contributed by atoms with Crippen LogP contribution in [0.5, 0.6) is 0 Å². The van der Waals surface area contributed by atoms with Crippen LogP contribution in [-0.4, -0.2) is 22.9 Å². The van der Waals surface area contributed by atoms with Crippen LogP contribution in [0.25, 0.3) is 5.69 Å². The van der Waals surface area contributed by atoms with Crippen LogP contribution >= 0.6 is 27.5 Å². The van der Waals surface area contributed by atoms with E-state index in [0.717, 1.165) is 5.69 Å². The molecule has 0 amide bonds. The van der Waals surface area contributed by atoms with E-state index in [1.165, 1.54) is 7.11 Å². The maximum absolute atomic E-state index is 11.6. The SMILES string of the molecule is COC(=O)c1nn(-c2ccccc2Cl)c(C)c1Br. The van der Waals surface area contributed by atoms with Crippen molar-refractivity contribution in [1.82, 2.24) is 9.78 Å². The Morgan fingerprint density at radius 1 is 1.44 bits per heavy atom. The van der Waals surface area contributed by atoms with E-state index in [2.05, 4.69) is 25.8 Å². The van der Waals surface area contributed by atoms with Crippen LogP contribution in [0, 0.1) is 6.92 Å². The number of carbonyl (C=O) groups is 1. The van der Waals surface area contributed by atoms with Crippen molar-refractivity contribution in [2.45, 2.75) is 6.92 Å². The Morgan fingerprint density at radius 3 is 2.72 bits per heavy atom. The van der Waals surface area contributed by atoms with Crippen LogP contribution in [0.3, 0.4) is 0 Å². The van der Waals surface area contributed by atoms with Crippen molar-refractivity contribution >= 4 is 33.5 Å². The van der Waals surface area contributed by atoms with E-state index in [1.807, 2.05) is 25.1 Å². The van der Waals surface area contributed by atoms with E-state index < -0.39 is 5.97 Å². The van der Waals surface area contributed by atoms with E-state index in [9.17, 15) is 4.79 Å². The van der Waals surface area contributed by atoms with E-state index in [0.29, 0.717) is 15.2 Å². The van der Waals surface area contributed by atoms with Crippen LogP contribution in [-0.2, 0) is 4.74 Å². The number of nitrogens with zero attached hydrogens (tertiary/aromatic N) is 2. The highest BCUT2D eigenvalue weighted by molar-refractivity contribution is 9.10. The van der Waals surface area contributed by atoms with Gasteiger partial charge in [-0.1, -0.05) is 23.7 Å². The molecule has 1 aromatic carbocycles. The van der Waals surface area contributed by atoms with Crippen LogP contribution in [0.15, 0.2) is 28.7 Å². The van der Waals surface area contributed by atoms with Gasteiger partial charge in [0.15, 0.2) is 5.69 Å². The van der Waals surface area contributed by atoms with Crippen molar-refractivity contribution in [2.75, 3.05) is 7.11 Å². The molecule has 2 rings (SSSR count). The summed E-state index contributed by atoms with van der Waals surface area (Å²) in [7, 11) is 1.32. The van der Waals surface area contributed by atoms with E-state index >= 15 is 0 Å². The lowest BCUT2D eigenvalue weighted by molar-refractivity contribution is 0.0592. The maximum Gasteiger partial charge on any atom is 0.359 e. The molecule has 0 spiro atoms. The molecule has 0 saturated heterocycles. The van der Waals surface area contributed by atoms with Crippen molar-refractivity contribution < 1.29 is 9.53 Å². The summed E-state index contributed by atoms with van der Waals surface area (Å²) in [5, 5.41) is 4.78. The standard InChI is InChI=1S/C12H10BrClN2O2/c1-7-10(13)11(12(17)18-2)15-16(7)9-6-4-3-5-8(9)14/h3-6H,1-2H3. The molecule has 0 saturated carbocycles. The zero-order valence-corrected chi connectivity index (χ0v) is 12.1. The number of esters is 1. The van der Waals surface area contributed by atoms with Crippen molar-refractivity contribution in [3.63, 3.8) is 0 Å². The first kappa shape index (κ1) is 13.1. The number of methoxy groups -OCH3 is 1. The lowest BCUT2D eigenvalue weighted by Crippen LogP contribution is -2.05. The molecule has 4 nitrogen and oxygen atoms in total. The Bertz CT molecular complexity index is 610. The van der Waals surface area contributed by atoms with Gasteiger partial charge in [0.1, 0.15) is 0 Å². The Morgan fingerprint density at radius 2 is 2.11 bits per heavy atom. The van der Waals surface area contributed by atoms with E-state index in [-0.39, 0.29) is 5.69 Å². The normalized spacial score (nSPS) is 10.4. The molecule has 6 heteroatoms. The second-order valence-electron chi connectivity index (χ2n) is 3.60. The molecule has 0 aliphatic rings. The predicted octanol–water partition coefficient (Wildman–Crippen LogP) is 3.38. The van der Waals surface area contributed by atoms with Gasteiger partial charge in [0.2, 0.25) is 0 Å². The zero-order chi connectivity index (χ0) is 13.3. The Hall–Kier alpha value is -1.33. The molecule has 0 atom stereocenters. The molecule has 0 fully saturated rings. The lowest BCUT2D eigenvalue weighted by Gasteiger charge is -2.05. The van der Waals surface area contributed by atoms with Gasteiger partial charge >= 0.3 is 5.97 Å². The fraction of sp³-hybridized carbons (Fsp3) is 0.167. The molecule has 0 aliphatic carbocycles. The minimum Gasteiger partial charge on any atom is -0.464 e. The van der Waals surface area contributed by atoms with Crippen molar-refractivity contribution in [3.05, 3.63) is 45.1 Å². The molecule has 0 N–H and O–H groups in total. The molecule has 18 heavy (non-hydrogen) atoms. The Kier molecular flexibility index (Phi) is 3.73. The molecule has 0 unspecified atom stereocenters. The Labute approximate surface area is 118 Å². The molecule has 94 valence electrons. The fourth-order valence-corrected chi connectivity index (χ4v) is 2.19. The number of ether oxygens (including phenoxy) is 1. The Balaban J connectivity index is 2.60. The van der Waals surface area contributed by atoms with Crippen molar-refractivity contribution in [3.8, 4) is 5.69 Å². The molecular formula is C12H10BrClN2O2. The molecule has 0 bridgehead atoms. The maximum atomic E-state index is 11.6. The van der Waals surface area contributed by atoms with Gasteiger partial charge < -0.3 is 4.74 Å². The summed E-state index contributed by atoms with van der Waals surface area (Å²) in [4.78, 5) is 11.6. The number of hydrogen-bond acceptors (Lipinski definition) is 3. The smallest absolute Gasteiger partial charge is 0.359 e. The summed E-state index contributed by atoms with van der Waals surface area (Å²) < 4.78 is 6.89. The van der Waals surface area contributed by atoms with E-state index in [4.69, 9.17) is 11.6 Å². The van der Waals surface area contributed by atoms with Gasteiger partial charge in [-0.2, -0.15) is 5.10 Å². The van der Waals surface area contributed by atoms with Gasteiger partial charge in [-0.15, -0.1) is 0 Å². The number of para-hydroxylation sites is 1. The number of aromatic nitrogens is 2. The monoisotopic (exact) mass is 328 g/mol. The number of carbonyl (C=O) groups excluding carboxylic acids is 1. The zero-order valence-electron chi connectivity index (χ0n) is 9.78. The highest BCUT2D eigenvalue weighted by atomic mass is 79.9. The molecule has 1 aromatic heterocycles.